The summed E-state index contributed by atoms with van der Waals surface area (Å²) >= 11 is 0. The maximum Gasteiger partial charge on any atom is 0.275 e. The number of rotatable bonds is 6. The Bertz CT molecular complexity index is 806. The van der Waals surface area contributed by atoms with Crippen LogP contribution in [0.25, 0.3) is 0 Å². The number of quaternary nitrogens is 1. The van der Waals surface area contributed by atoms with Crippen molar-refractivity contribution < 1.29 is 23.2 Å². The van der Waals surface area contributed by atoms with Crippen LogP contribution in [0.5, 0.6) is 5.75 Å². The highest BCUT2D eigenvalue weighted by Crippen LogP contribution is 2.19. The van der Waals surface area contributed by atoms with Crippen molar-refractivity contribution in [2.75, 3.05) is 44.7 Å². The molecule has 1 amide bonds. The van der Waals surface area contributed by atoms with Gasteiger partial charge in [0.25, 0.3) is 5.91 Å². The summed E-state index contributed by atoms with van der Waals surface area (Å²) in [4.78, 5) is 15.8. The van der Waals surface area contributed by atoms with E-state index in [4.69, 9.17) is 4.74 Å². The number of carbonyl (C=O) groups is 1. The molecule has 1 saturated heterocycles. The predicted molar refractivity (Wildman–Crippen MR) is 104 cm³/mol. The summed E-state index contributed by atoms with van der Waals surface area (Å²) in [6.07, 6.45) is 0. The molecule has 7 heteroatoms. The summed E-state index contributed by atoms with van der Waals surface area (Å²) in [5.41, 5.74) is 1.43. The van der Waals surface area contributed by atoms with Gasteiger partial charge in [0.05, 0.1) is 39.3 Å². The molecule has 2 aromatic carbocycles. The van der Waals surface area contributed by atoms with Crippen molar-refractivity contribution in [3.05, 3.63) is 59.7 Å². The number of anilines is 1. The van der Waals surface area contributed by atoms with E-state index < -0.39 is 17.7 Å². The lowest BCUT2D eigenvalue weighted by Gasteiger charge is -2.33. The van der Waals surface area contributed by atoms with Gasteiger partial charge < -0.3 is 19.9 Å². The number of hydrogen-bond donors (Lipinski definition) is 2. The highest BCUT2D eigenvalue weighted by molar-refractivity contribution is 5.77. The molecule has 0 radical (unpaired) electrons. The van der Waals surface area contributed by atoms with Crippen LogP contribution in [-0.4, -0.2) is 45.7 Å². The molecule has 2 aromatic rings. The fourth-order valence-corrected chi connectivity index (χ4v) is 3.50. The fourth-order valence-electron chi connectivity index (χ4n) is 3.50. The lowest BCUT2D eigenvalue weighted by molar-refractivity contribution is -0.892. The van der Waals surface area contributed by atoms with Gasteiger partial charge in [-0.3, -0.25) is 4.79 Å². The molecule has 1 atom stereocenters. The van der Waals surface area contributed by atoms with Gasteiger partial charge in [-0.05, 0) is 37.3 Å². The Morgan fingerprint density at radius 2 is 1.86 bits per heavy atom. The van der Waals surface area contributed by atoms with E-state index in [-0.39, 0.29) is 11.5 Å². The molecular weight excluding hydrogens is 364 g/mol. The first-order chi connectivity index (χ1) is 13.5. The fraction of sp³-hybridized carbons (Fsp3) is 0.381. The molecule has 5 nitrogen and oxygen atoms in total. The molecule has 0 aromatic heterocycles. The van der Waals surface area contributed by atoms with E-state index in [1.165, 1.54) is 17.0 Å². The highest BCUT2D eigenvalue weighted by Gasteiger charge is 2.23. The number of nitrogens with one attached hydrogen (secondary N) is 2. The quantitative estimate of drug-likeness (QED) is 0.787. The number of methoxy groups -OCH3 is 1. The monoisotopic (exact) mass is 390 g/mol. The molecule has 0 aliphatic carbocycles. The van der Waals surface area contributed by atoms with Gasteiger partial charge in [-0.1, -0.05) is 6.07 Å². The third-order valence-electron chi connectivity index (χ3n) is 5.13. The van der Waals surface area contributed by atoms with Crippen LogP contribution in [0, 0.1) is 11.6 Å². The zero-order chi connectivity index (χ0) is 20.1. The molecule has 28 heavy (non-hydrogen) atoms. The Morgan fingerprint density at radius 1 is 1.18 bits per heavy atom. The summed E-state index contributed by atoms with van der Waals surface area (Å²) in [7, 11) is 1.65. The Balaban J connectivity index is 1.47. The number of nitrogens with zero attached hydrogens (tertiary/aromatic N) is 1. The lowest BCUT2D eigenvalue weighted by Crippen LogP contribution is -3.15. The topological polar surface area (TPSA) is 46.0 Å². The van der Waals surface area contributed by atoms with Crippen molar-refractivity contribution in [3.63, 3.8) is 0 Å². The minimum atomic E-state index is -0.645. The summed E-state index contributed by atoms with van der Waals surface area (Å²) < 4.78 is 32.1. The molecule has 0 saturated carbocycles. The second kappa shape index (κ2) is 9.01. The van der Waals surface area contributed by atoms with E-state index in [2.05, 4.69) is 10.2 Å². The van der Waals surface area contributed by atoms with Gasteiger partial charge in [0.15, 0.2) is 6.54 Å². The average molecular weight is 390 g/mol. The summed E-state index contributed by atoms with van der Waals surface area (Å²) in [5, 5.41) is 2.81. The van der Waals surface area contributed by atoms with Crippen LogP contribution in [0.3, 0.4) is 0 Å². The molecule has 1 aliphatic heterocycles. The SMILES string of the molecule is COc1ccc(N2CC[NH+](CC(=O)N[C@H](C)c3ccc(F)cc3F)CC2)cc1. The van der Waals surface area contributed by atoms with E-state index >= 15 is 0 Å². The van der Waals surface area contributed by atoms with E-state index in [1.54, 1.807) is 14.0 Å². The molecule has 1 fully saturated rings. The standard InChI is InChI=1S/C21H25F2N3O2/c1-15(19-8-3-16(22)13-20(19)23)24-21(27)14-25-9-11-26(12-10-25)17-4-6-18(28-2)7-5-17/h3-8,13,15H,9-12,14H2,1-2H3,(H,24,27)/p+1/t15-/m1/s1. The van der Waals surface area contributed by atoms with Crippen LogP contribution >= 0.6 is 0 Å². The average Bonchev–Trinajstić information content (AvgIpc) is 2.68. The van der Waals surface area contributed by atoms with Gasteiger partial charge in [-0.15, -0.1) is 0 Å². The van der Waals surface area contributed by atoms with Crippen LogP contribution in [0.15, 0.2) is 42.5 Å². The highest BCUT2D eigenvalue weighted by atomic mass is 19.1. The van der Waals surface area contributed by atoms with Gasteiger partial charge in [-0.2, -0.15) is 0 Å². The first-order valence-electron chi connectivity index (χ1n) is 9.43. The molecule has 0 spiro atoms. The molecule has 1 aliphatic rings. The molecular formula is C21H26F2N3O2+. The van der Waals surface area contributed by atoms with E-state index in [9.17, 15) is 13.6 Å². The maximum atomic E-state index is 13.9. The normalized spacial score (nSPS) is 15.9. The molecule has 3 rings (SSSR count). The van der Waals surface area contributed by atoms with Gasteiger partial charge in [-0.25, -0.2) is 8.78 Å². The van der Waals surface area contributed by atoms with E-state index in [0.29, 0.717) is 6.54 Å². The van der Waals surface area contributed by atoms with Crippen molar-refractivity contribution in [3.8, 4) is 5.75 Å². The van der Waals surface area contributed by atoms with Gasteiger partial charge in [0.1, 0.15) is 17.4 Å². The molecule has 2 N–H and O–H groups in total. The number of piperazine rings is 1. The number of carbonyl (C=O) groups excluding carboxylic acids is 1. The number of hydrogen-bond acceptors (Lipinski definition) is 3. The zero-order valence-electron chi connectivity index (χ0n) is 16.2. The Hall–Kier alpha value is -2.67. The van der Waals surface area contributed by atoms with E-state index in [0.717, 1.165) is 43.7 Å². The third kappa shape index (κ3) is 4.98. The van der Waals surface area contributed by atoms with Crippen molar-refractivity contribution in [1.82, 2.24) is 5.32 Å². The van der Waals surface area contributed by atoms with Crippen LogP contribution in [0.1, 0.15) is 18.5 Å². The Kier molecular flexibility index (Phi) is 6.46. The predicted octanol–water partition coefficient (Wildman–Crippen LogP) is 1.56. The Labute approximate surface area is 163 Å². The second-order valence-corrected chi connectivity index (χ2v) is 7.07. The van der Waals surface area contributed by atoms with Crippen LogP contribution in [0.4, 0.5) is 14.5 Å². The van der Waals surface area contributed by atoms with Gasteiger partial charge >= 0.3 is 0 Å². The maximum absolute atomic E-state index is 13.9. The number of benzene rings is 2. The third-order valence-corrected chi connectivity index (χ3v) is 5.13. The Morgan fingerprint density at radius 3 is 2.46 bits per heavy atom. The minimum Gasteiger partial charge on any atom is -0.497 e. The van der Waals surface area contributed by atoms with Crippen LogP contribution in [0.2, 0.25) is 0 Å². The smallest absolute Gasteiger partial charge is 0.275 e. The zero-order valence-corrected chi connectivity index (χ0v) is 16.2. The van der Waals surface area contributed by atoms with Crippen molar-refractivity contribution in [2.24, 2.45) is 0 Å². The molecule has 1 heterocycles. The van der Waals surface area contributed by atoms with Gasteiger partial charge in [0, 0.05) is 17.3 Å². The largest absolute Gasteiger partial charge is 0.497 e. The summed E-state index contributed by atoms with van der Waals surface area (Å²) in [5.74, 6) is -0.576. The van der Waals surface area contributed by atoms with Gasteiger partial charge in [0.2, 0.25) is 0 Å². The number of halogens is 2. The van der Waals surface area contributed by atoms with Crippen LogP contribution < -0.4 is 19.9 Å². The van der Waals surface area contributed by atoms with Crippen LogP contribution in [-0.2, 0) is 4.79 Å². The van der Waals surface area contributed by atoms with Crippen molar-refractivity contribution in [1.29, 1.82) is 0 Å². The second-order valence-electron chi connectivity index (χ2n) is 7.07. The van der Waals surface area contributed by atoms with Crippen molar-refractivity contribution in [2.45, 2.75) is 13.0 Å². The first kappa shape index (κ1) is 20.1. The molecule has 0 bridgehead atoms. The van der Waals surface area contributed by atoms with Crippen molar-refractivity contribution >= 4 is 11.6 Å². The minimum absolute atomic E-state index is 0.135. The summed E-state index contributed by atoms with van der Waals surface area (Å²) in [6.45, 7) is 5.44. The van der Waals surface area contributed by atoms with E-state index in [1.807, 2.05) is 24.3 Å². The lowest BCUT2D eigenvalue weighted by atomic mass is 10.1. The number of amides is 1. The molecule has 0 unspecified atom stereocenters. The molecule has 150 valence electrons. The number of ether oxygens (including phenoxy) is 1. The summed E-state index contributed by atoms with van der Waals surface area (Å²) in [6, 6.07) is 10.9. The first-order valence-corrected chi connectivity index (χ1v) is 9.43.